The molecule has 4 rings (SSSR count). The third kappa shape index (κ3) is 4.10. The molecule has 1 aliphatic rings. The van der Waals surface area contributed by atoms with Crippen molar-refractivity contribution in [1.82, 2.24) is 4.90 Å². The number of furan rings is 1. The van der Waals surface area contributed by atoms with Crippen LogP contribution in [-0.4, -0.2) is 31.6 Å². The van der Waals surface area contributed by atoms with E-state index in [1.165, 1.54) is 12.1 Å². The second-order valence-corrected chi connectivity index (χ2v) is 6.96. The number of nitrogens with zero attached hydrogens (tertiary/aromatic N) is 1. The lowest BCUT2D eigenvalue weighted by Gasteiger charge is -2.29. The molecule has 30 heavy (non-hydrogen) atoms. The highest BCUT2D eigenvalue weighted by atomic mass is 19.1. The maximum absolute atomic E-state index is 13.0. The lowest BCUT2D eigenvalue weighted by atomic mass is 9.98. The van der Waals surface area contributed by atoms with Gasteiger partial charge in [0, 0.05) is 13.1 Å². The van der Waals surface area contributed by atoms with E-state index < -0.39 is 0 Å². The van der Waals surface area contributed by atoms with Crippen molar-refractivity contribution in [3.05, 3.63) is 77.0 Å². The molecule has 0 spiro atoms. The number of fused-ring (bicyclic) bond motifs is 1. The first kappa shape index (κ1) is 19.8. The predicted octanol–water partition coefficient (Wildman–Crippen LogP) is 4.21. The van der Waals surface area contributed by atoms with Gasteiger partial charge in [0.1, 0.15) is 23.9 Å². The molecule has 0 unspecified atom stereocenters. The molecule has 2 aromatic carbocycles. The van der Waals surface area contributed by atoms with Crippen LogP contribution >= 0.6 is 0 Å². The van der Waals surface area contributed by atoms with E-state index in [0.717, 1.165) is 17.5 Å². The summed E-state index contributed by atoms with van der Waals surface area (Å²) in [4.78, 5) is 14.7. The summed E-state index contributed by atoms with van der Waals surface area (Å²) in [6, 6.07) is 13.0. The lowest BCUT2D eigenvalue weighted by Crippen LogP contribution is -2.35. The van der Waals surface area contributed by atoms with Gasteiger partial charge in [0.25, 0.3) is 5.91 Å². The number of carbonyl (C=O) groups is 1. The van der Waals surface area contributed by atoms with Gasteiger partial charge in [0.05, 0.1) is 14.2 Å². The Bertz CT molecular complexity index is 1040. The number of carbonyl (C=O) groups excluding carboxylic acids is 1. The number of hydrogen-bond acceptors (Lipinski definition) is 5. The molecule has 3 aromatic rings. The van der Waals surface area contributed by atoms with Crippen LogP contribution in [0.5, 0.6) is 17.2 Å². The van der Waals surface area contributed by atoms with E-state index >= 15 is 0 Å². The number of ether oxygens (including phenoxy) is 3. The molecule has 156 valence electrons. The zero-order valence-corrected chi connectivity index (χ0v) is 16.8. The molecular weight excluding hydrogens is 389 g/mol. The van der Waals surface area contributed by atoms with Crippen LogP contribution in [0.2, 0.25) is 0 Å². The second kappa shape index (κ2) is 8.49. The third-order valence-electron chi connectivity index (χ3n) is 5.07. The van der Waals surface area contributed by atoms with Crippen LogP contribution in [0.25, 0.3) is 0 Å². The first-order valence-electron chi connectivity index (χ1n) is 9.57. The monoisotopic (exact) mass is 411 g/mol. The molecule has 0 aliphatic carbocycles. The average molecular weight is 411 g/mol. The summed E-state index contributed by atoms with van der Waals surface area (Å²) in [5, 5.41) is 0. The minimum atomic E-state index is -0.326. The highest BCUT2D eigenvalue weighted by molar-refractivity contribution is 5.91. The molecule has 1 aliphatic heterocycles. The van der Waals surface area contributed by atoms with Crippen molar-refractivity contribution in [3.8, 4) is 17.2 Å². The molecule has 2 heterocycles. The first-order chi connectivity index (χ1) is 14.6. The van der Waals surface area contributed by atoms with Crippen molar-refractivity contribution in [1.29, 1.82) is 0 Å². The van der Waals surface area contributed by atoms with Gasteiger partial charge in [0.15, 0.2) is 17.3 Å². The zero-order valence-electron chi connectivity index (χ0n) is 16.8. The molecule has 7 heteroatoms. The maximum atomic E-state index is 13.0. The Labute approximate surface area is 173 Å². The number of methoxy groups -OCH3 is 2. The molecular formula is C23H22FNO5. The fourth-order valence-corrected chi connectivity index (χ4v) is 3.47. The Morgan fingerprint density at radius 1 is 1.03 bits per heavy atom. The van der Waals surface area contributed by atoms with Gasteiger partial charge in [-0.3, -0.25) is 4.79 Å². The smallest absolute Gasteiger partial charge is 0.289 e. The summed E-state index contributed by atoms with van der Waals surface area (Å²) in [5.74, 6) is 2.13. The summed E-state index contributed by atoms with van der Waals surface area (Å²) in [5.41, 5.74) is 2.17. The molecule has 6 nitrogen and oxygen atoms in total. The van der Waals surface area contributed by atoms with Crippen molar-refractivity contribution in [3.63, 3.8) is 0 Å². The fourth-order valence-electron chi connectivity index (χ4n) is 3.47. The Balaban J connectivity index is 1.42. The summed E-state index contributed by atoms with van der Waals surface area (Å²) < 4.78 is 34.9. The molecule has 0 saturated heterocycles. The highest BCUT2D eigenvalue weighted by Crippen LogP contribution is 2.33. The van der Waals surface area contributed by atoms with Crippen LogP contribution in [0.1, 0.15) is 27.4 Å². The number of benzene rings is 2. The predicted molar refractivity (Wildman–Crippen MR) is 107 cm³/mol. The lowest BCUT2D eigenvalue weighted by molar-refractivity contribution is 0.0698. The standard InChI is InChI=1S/C23H22FNO5/c1-27-21-11-15-9-10-25(13-16(15)12-22(21)28-2)23(26)20-8-7-19(30-20)14-29-18-5-3-17(24)4-6-18/h3-8,11-12H,9-10,13-14H2,1-2H3. The van der Waals surface area contributed by atoms with Crippen LogP contribution in [-0.2, 0) is 19.6 Å². The second-order valence-electron chi connectivity index (χ2n) is 6.96. The van der Waals surface area contributed by atoms with E-state index in [-0.39, 0.29) is 24.1 Å². The average Bonchev–Trinajstić information content (AvgIpc) is 3.26. The van der Waals surface area contributed by atoms with Gasteiger partial charge in [-0.15, -0.1) is 0 Å². The molecule has 0 fully saturated rings. The minimum absolute atomic E-state index is 0.152. The van der Waals surface area contributed by atoms with Gasteiger partial charge in [-0.05, 0) is 66.1 Å². The van der Waals surface area contributed by atoms with Gasteiger partial charge in [-0.1, -0.05) is 0 Å². The van der Waals surface area contributed by atoms with Crippen molar-refractivity contribution in [2.45, 2.75) is 19.6 Å². The van der Waals surface area contributed by atoms with Gasteiger partial charge in [-0.25, -0.2) is 4.39 Å². The Morgan fingerprint density at radius 3 is 2.43 bits per heavy atom. The van der Waals surface area contributed by atoms with E-state index in [2.05, 4.69) is 0 Å². The molecule has 1 aromatic heterocycles. The van der Waals surface area contributed by atoms with Gasteiger partial charge < -0.3 is 23.5 Å². The number of amides is 1. The maximum Gasteiger partial charge on any atom is 0.289 e. The number of halogens is 1. The fraction of sp³-hybridized carbons (Fsp3) is 0.261. The van der Waals surface area contributed by atoms with Crippen LogP contribution in [0, 0.1) is 5.82 Å². The molecule has 0 radical (unpaired) electrons. The zero-order chi connectivity index (χ0) is 21.1. The Kier molecular flexibility index (Phi) is 5.61. The van der Waals surface area contributed by atoms with E-state index in [4.69, 9.17) is 18.6 Å². The Hall–Kier alpha value is -3.48. The summed E-state index contributed by atoms with van der Waals surface area (Å²) >= 11 is 0. The quantitative estimate of drug-likeness (QED) is 0.608. The van der Waals surface area contributed by atoms with Crippen molar-refractivity contribution < 1.29 is 27.8 Å². The highest BCUT2D eigenvalue weighted by Gasteiger charge is 2.25. The summed E-state index contributed by atoms with van der Waals surface area (Å²) in [6.45, 7) is 1.21. The van der Waals surface area contributed by atoms with Crippen LogP contribution in [0.4, 0.5) is 4.39 Å². The summed E-state index contributed by atoms with van der Waals surface area (Å²) in [6.07, 6.45) is 0.725. The van der Waals surface area contributed by atoms with E-state index in [1.54, 1.807) is 43.4 Å². The van der Waals surface area contributed by atoms with E-state index in [1.807, 2.05) is 12.1 Å². The third-order valence-corrected chi connectivity index (χ3v) is 5.07. The molecule has 0 atom stereocenters. The first-order valence-corrected chi connectivity index (χ1v) is 9.57. The number of hydrogen-bond donors (Lipinski definition) is 0. The SMILES string of the molecule is COc1cc2c(cc1OC)CN(C(=O)c1ccc(COc3ccc(F)cc3)o1)CC2. The minimum Gasteiger partial charge on any atom is -0.493 e. The van der Waals surface area contributed by atoms with Crippen LogP contribution in [0.3, 0.4) is 0 Å². The van der Waals surface area contributed by atoms with E-state index in [0.29, 0.717) is 36.1 Å². The van der Waals surface area contributed by atoms with Crippen molar-refractivity contribution >= 4 is 5.91 Å². The van der Waals surface area contributed by atoms with Crippen LogP contribution in [0.15, 0.2) is 52.9 Å². The van der Waals surface area contributed by atoms with Gasteiger partial charge in [0.2, 0.25) is 0 Å². The molecule has 1 amide bonds. The van der Waals surface area contributed by atoms with Gasteiger partial charge in [-0.2, -0.15) is 0 Å². The van der Waals surface area contributed by atoms with E-state index in [9.17, 15) is 9.18 Å². The Morgan fingerprint density at radius 2 is 1.73 bits per heavy atom. The number of rotatable bonds is 6. The van der Waals surface area contributed by atoms with Crippen LogP contribution < -0.4 is 14.2 Å². The van der Waals surface area contributed by atoms with Crippen molar-refractivity contribution in [2.75, 3.05) is 20.8 Å². The molecule has 0 N–H and O–H groups in total. The van der Waals surface area contributed by atoms with Gasteiger partial charge >= 0.3 is 0 Å². The largest absolute Gasteiger partial charge is 0.493 e. The van der Waals surface area contributed by atoms with Crippen molar-refractivity contribution in [2.24, 2.45) is 0 Å². The molecule has 0 bridgehead atoms. The molecule has 0 saturated carbocycles. The summed E-state index contributed by atoms with van der Waals surface area (Å²) in [7, 11) is 3.20. The topological polar surface area (TPSA) is 61.1 Å². The normalized spacial score (nSPS) is 13.0.